The molecular formula is C22H12BrN3O3S. The van der Waals surface area contributed by atoms with Gasteiger partial charge in [-0.05, 0) is 24.3 Å². The summed E-state index contributed by atoms with van der Waals surface area (Å²) in [6.07, 6.45) is 2.41. The second kappa shape index (κ2) is 7.47. The van der Waals surface area contributed by atoms with E-state index in [1.165, 1.54) is 11.3 Å². The summed E-state index contributed by atoms with van der Waals surface area (Å²) >= 11 is 4.75. The maximum absolute atomic E-state index is 12.5. The molecule has 6 nitrogen and oxygen atoms in total. The standard InChI is InChI=1S/C22H12BrN3O3S/c23-16-6-7-19-14(8-16)9-17(21(28)29-19)18-12-30-22(24-18)26-10-15(11-27)20(25-26)13-4-2-1-3-5-13/h1-12H. The molecule has 0 N–H and O–H groups in total. The van der Waals surface area contributed by atoms with Crippen LogP contribution in [0.5, 0.6) is 0 Å². The van der Waals surface area contributed by atoms with Gasteiger partial charge in [0.1, 0.15) is 11.3 Å². The summed E-state index contributed by atoms with van der Waals surface area (Å²) in [5, 5.41) is 7.65. The Hall–Kier alpha value is -3.36. The van der Waals surface area contributed by atoms with Crippen molar-refractivity contribution in [2.45, 2.75) is 0 Å². The predicted octanol–water partition coefficient (Wildman–Crippen LogP) is 5.34. The first-order valence-electron chi connectivity index (χ1n) is 8.92. The van der Waals surface area contributed by atoms with Crippen molar-refractivity contribution in [2.24, 2.45) is 0 Å². The molecule has 0 atom stereocenters. The summed E-state index contributed by atoms with van der Waals surface area (Å²) in [5.41, 5.74) is 2.81. The lowest BCUT2D eigenvalue weighted by Gasteiger charge is -2.00. The van der Waals surface area contributed by atoms with E-state index < -0.39 is 5.63 Å². The Morgan fingerprint density at radius 3 is 2.73 bits per heavy atom. The normalized spacial score (nSPS) is 11.1. The summed E-state index contributed by atoms with van der Waals surface area (Å²) in [6.45, 7) is 0. The summed E-state index contributed by atoms with van der Waals surface area (Å²) in [6, 6.07) is 16.7. The highest BCUT2D eigenvalue weighted by atomic mass is 79.9. The minimum absolute atomic E-state index is 0.370. The first-order valence-corrected chi connectivity index (χ1v) is 10.6. The zero-order chi connectivity index (χ0) is 20.7. The number of hydrogen-bond donors (Lipinski definition) is 0. The molecule has 0 saturated heterocycles. The number of thiazole rings is 1. The van der Waals surface area contributed by atoms with Crippen LogP contribution < -0.4 is 5.63 Å². The number of benzene rings is 2. The number of halogens is 1. The van der Waals surface area contributed by atoms with E-state index in [1.807, 2.05) is 42.5 Å². The number of rotatable bonds is 4. The third kappa shape index (κ3) is 3.30. The molecule has 146 valence electrons. The molecule has 0 bridgehead atoms. The summed E-state index contributed by atoms with van der Waals surface area (Å²) in [4.78, 5) is 28.6. The van der Waals surface area contributed by atoms with Gasteiger partial charge in [-0.1, -0.05) is 46.3 Å². The molecule has 5 rings (SSSR count). The van der Waals surface area contributed by atoms with Crippen molar-refractivity contribution in [2.75, 3.05) is 0 Å². The molecule has 0 aliphatic rings. The first-order chi connectivity index (χ1) is 14.6. The van der Waals surface area contributed by atoms with Crippen molar-refractivity contribution in [1.29, 1.82) is 0 Å². The number of fused-ring (bicyclic) bond motifs is 1. The third-order valence-electron chi connectivity index (χ3n) is 4.57. The van der Waals surface area contributed by atoms with Crippen LogP contribution in [0.1, 0.15) is 10.4 Å². The van der Waals surface area contributed by atoms with Crippen molar-refractivity contribution in [1.82, 2.24) is 14.8 Å². The Morgan fingerprint density at radius 2 is 1.93 bits per heavy atom. The Kier molecular flexibility index (Phi) is 4.65. The van der Waals surface area contributed by atoms with Gasteiger partial charge in [0.05, 0.1) is 16.8 Å². The van der Waals surface area contributed by atoms with E-state index in [1.54, 1.807) is 28.4 Å². The van der Waals surface area contributed by atoms with Gasteiger partial charge < -0.3 is 4.42 Å². The molecule has 3 aromatic heterocycles. The topological polar surface area (TPSA) is 78.0 Å². The molecule has 3 heterocycles. The Balaban J connectivity index is 1.58. The van der Waals surface area contributed by atoms with Crippen LogP contribution >= 0.6 is 27.3 Å². The number of carbonyl (C=O) groups excluding carboxylic acids is 1. The zero-order valence-corrected chi connectivity index (χ0v) is 17.7. The molecule has 8 heteroatoms. The largest absolute Gasteiger partial charge is 0.422 e. The van der Waals surface area contributed by atoms with Gasteiger partial charge in [-0.25, -0.2) is 14.5 Å². The number of nitrogens with zero attached hydrogens (tertiary/aromatic N) is 3. The van der Waals surface area contributed by atoms with Gasteiger partial charge in [0.15, 0.2) is 6.29 Å². The van der Waals surface area contributed by atoms with Crippen LogP contribution in [-0.2, 0) is 0 Å². The Labute approximate surface area is 182 Å². The maximum atomic E-state index is 12.5. The van der Waals surface area contributed by atoms with Gasteiger partial charge in [-0.3, -0.25) is 4.79 Å². The van der Waals surface area contributed by atoms with Crippen LogP contribution in [-0.4, -0.2) is 21.1 Å². The fraction of sp³-hybridized carbons (Fsp3) is 0. The second-order valence-corrected chi connectivity index (χ2v) is 8.26. The number of aldehydes is 1. The average molecular weight is 478 g/mol. The minimum Gasteiger partial charge on any atom is -0.422 e. The van der Waals surface area contributed by atoms with E-state index in [2.05, 4.69) is 26.0 Å². The van der Waals surface area contributed by atoms with Gasteiger partial charge in [0.25, 0.3) is 0 Å². The van der Waals surface area contributed by atoms with Crippen LogP contribution in [0.15, 0.2) is 79.9 Å². The fourth-order valence-corrected chi connectivity index (χ4v) is 4.29. The average Bonchev–Trinajstić information content (AvgIpc) is 3.41. The number of hydrogen-bond acceptors (Lipinski definition) is 6. The molecule has 0 aliphatic heterocycles. The molecule has 30 heavy (non-hydrogen) atoms. The van der Waals surface area contributed by atoms with Gasteiger partial charge >= 0.3 is 5.63 Å². The summed E-state index contributed by atoms with van der Waals surface area (Å²) < 4.78 is 7.88. The first kappa shape index (κ1) is 18.7. The molecule has 0 aliphatic carbocycles. The van der Waals surface area contributed by atoms with Gasteiger partial charge in [-0.15, -0.1) is 11.3 Å². The predicted molar refractivity (Wildman–Crippen MR) is 119 cm³/mol. The minimum atomic E-state index is -0.458. The Bertz CT molecular complexity index is 1450. The molecule has 0 fully saturated rings. The van der Waals surface area contributed by atoms with E-state index >= 15 is 0 Å². The maximum Gasteiger partial charge on any atom is 0.345 e. The van der Waals surface area contributed by atoms with E-state index in [0.29, 0.717) is 33.2 Å². The smallest absolute Gasteiger partial charge is 0.345 e. The second-order valence-electron chi connectivity index (χ2n) is 6.51. The van der Waals surface area contributed by atoms with Gasteiger partial charge in [-0.2, -0.15) is 5.10 Å². The van der Waals surface area contributed by atoms with Crippen molar-refractivity contribution in [3.05, 3.63) is 86.6 Å². The van der Waals surface area contributed by atoms with E-state index in [9.17, 15) is 9.59 Å². The van der Waals surface area contributed by atoms with Gasteiger partial charge in [0.2, 0.25) is 5.13 Å². The molecule has 0 spiro atoms. The molecule has 0 saturated carbocycles. The molecule has 2 aromatic carbocycles. The number of aromatic nitrogens is 3. The fourth-order valence-electron chi connectivity index (χ4n) is 3.16. The number of carbonyl (C=O) groups is 1. The lowest BCUT2D eigenvalue weighted by molar-refractivity contribution is 0.112. The molecular weight excluding hydrogens is 466 g/mol. The molecule has 0 radical (unpaired) electrons. The third-order valence-corrected chi connectivity index (χ3v) is 5.90. The summed E-state index contributed by atoms with van der Waals surface area (Å²) in [7, 11) is 0. The highest BCUT2D eigenvalue weighted by Crippen LogP contribution is 2.28. The van der Waals surface area contributed by atoms with Gasteiger partial charge in [0, 0.05) is 27.0 Å². The molecule has 0 unspecified atom stereocenters. The quantitative estimate of drug-likeness (QED) is 0.257. The lowest BCUT2D eigenvalue weighted by atomic mass is 10.1. The van der Waals surface area contributed by atoms with Crippen LogP contribution in [0, 0.1) is 0 Å². The monoisotopic (exact) mass is 477 g/mol. The van der Waals surface area contributed by atoms with Crippen molar-refractivity contribution in [3.63, 3.8) is 0 Å². The summed E-state index contributed by atoms with van der Waals surface area (Å²) in [5.74, 6) is 0. The van der Waals surface area contributed by atoms with E-state index in [-0.39, 0.29) is 0 Å². The molecule has 0 amide bonds. The highest BCUT2D eigenvalue weighted by Gasteiger charge is 2.16. The van der Waals surface area contributed by atoms with Crippen LogP contribution in [0.4, 0.5) is 0 Å². The Morgan fingerprint density at radius 1 is 1.10 bits per heavy atom. The SMILES string of the molecule is O=Cc1cn(-c2nc(-c3cc4cc(Br)ccc4oc3=O)cs2)nc1-c1ccccc1. The van der Waals surface area contributed by atoms with Crippen molar-refractivity contribution < 1.29 is 9.21 Å². The van der Waals surface area contributed by atoms with Crippen molar-refractivity contribution >= 4 is 44.5 Å². The molecule has 5 aromatic rings. The lowest BCUT2D eigenvalue weighted by Crippen LogP contribution is -2.03. The van der Waals surface area contributed by atoms with Crippen LogP contribution in [0.3, 0.4) is 0 Å². The highest BCUT2D eigenvalue weighted by molar-refractivity contribution is 9.10. The zero-order valence-electron chi connectivity index (χ0n) is 15.3. The van der Waals surface area contributed by atoms with E-state index in [4.69, 9.17) is 4.42 Å². The van der Waals surface area contributed by atoms with Crippen LogP contribution in [0.2, 0.25) is 0 Å². The van der Waals surface area contributed by atoms with Crippen LogP contribution in [0.25, 0.3) is 38.6 Å². The van der Waals surface area contributed by atoms with E-state index in [0.717, 1.165) is 21.7 Å². The van der Waals surface area contributed by atoms with Crippen molar-refractivity contribution in [3.8, 4) is 27.6 Å².